The molecule has 8 N–H and O–H groups in total. The van der Waals surface area contributed by atoms with Crippen molar-refractivity contribution in [2.45, 2.75) is 109 Å². The Balaban J connectivity index is 0.964. The Labute approximate surface area is 416 Å². The summed E-state index contributed by atoms with van der Waals surface area (Å²) in [7, 11) is 0. The zero-order valence-corrected chi connectivity index (χ0v) is 41.7. The van der Waals surface area contributed by atoms with Crippen molar-refractivity contribution in [1.29, 1.82) is 0 Å². The summed E-state index contributed by atoms with van der Waals surface area (Å²) in [6.45, 7) is 8.76. The number of benzene rings is 3. The van der Waals surface area contributed by atoms with Crippen LogP contribution in [0.3, 0.4) is 0 Å². The van der Waals surface area contributed by atoms with E-state index in [0.717, 1.165) is 28.3 Å². The van der Waals surface area contributed by atoms with Gasteiger partial charge in [-0.15, -0.1) is 11.3 Å². The molecule has 1 saturated heterocycles. The number of rotatable bonds is 23. The van der Waals surface area contributed by atoms with Gasteiger partial charge in [0.05, 0.1) is 70.3 Å². The number of aryl methyl sites for hydroxylation is 1. The number of carbonyl (C=O) groups is 4. The highest BCUT2D eigenvalue weighted by atomic mass is 127. The molecule has 374 valence electrons. The number of aliphatic hydroxyl groups is 2. The summed E-state index contributed by atoms with van der Waals surface area (Å²) in [6, 6.07) is 10.6. The number of amides is 4. The topological polar surface area (TPSA) is 206 Å². The molecule has 4 amide bonds. The van der Waals surface area contributed by atoms with Crippen LogP contribution in [0.2, 0.25) is 0 Å². The van der Waals surface area contributed by atoms with Gasteiger partial charge in [-0.1, -0.05) is 45.0 Å². The molecule has 2 aliphatic rings. The first-order valence-electron chi connectivity index (χ1n) is 22.8. The van der Waals surface area contributed by atoms with Crippen LogP contribution in [0.25, 0.3) is 10.4 Å². The predicted molar refractivity (Wildman–Crippen MR) is 261 cm³/mol. The lowest BCUT2D eigenvalue weighted by atomic mass is 9.84. The number of aromatic nitrogens is 1. The monoisotopic (exact) mass is 1090 g/mol. The molecule has 6 rings (SSSR count). The van der Waals surface area contributed by atoms with Crippen LogP contribution in [0.1, 0.15) is 93.4 Å². The van der Waals surface area contributed by atoms with Gasteiger partial charge < -0.3 is 36.8 Å². The summed E-state index contributed by atoms with van der Waals surface area (Å²) in [5.41, 5.74) is 2.70. The van der Waals surface area contributed by atoms with Crippen LogP contribution in [0.15, 0.2) is 60.1 Å². The van der Waals surface area contributed by atoms with Crippen LogP contribution >= 0.6 is 33.9 Å². The van der Waals surface area contributed by atoms with Gasteiger partial charge in [0, 0.05) is 16.7 Å². The van der Waals surface area contributed by atoms with E-state index in [1.165, 1.54) is 28.4 Å². The smallest absolute Gasteiger partial charge is 0.277 e. The Morgan fingerprint density at radius 1 is 0.971 bits per heavy atom. The molecule has 1 saturated carbocycles. The summed E-state index contributed by atoms with van der Waals surface area (Å²) >= 11 is 3.40. The average Bonchev–Trinajstić information content (AvgIpc) is 3.71. The normalized spacial score (nSPS) is 18.0. The number of halogens is 5. The van der Waals surface area contributed by atoms with E-state index in [2.05, 4.69) is 37.0 Å². The second-order valence-corrected chi connectivity index (χ2v) is 20.5. The van der Waals surface area contributed by atoms with E-state index in [4.69, 9.17) is 4.84 Å². The summed E-state index contributed by atoms with van der Waals surface area (Å²) in [5.74, 6) is -5.81. The molecule has 0 bridgehead atoms. The Morgan fingerprint density at radius 3 is 2.35 bits per heavy atom. The van der Waals surface area contributed by atoms with E-state index in [0.29, 0.717) is 48.0 Å². The lowest BCUT2D eigenvalue weighted by molar-refractivity contribution is -0.138. The SMILES string of the molecule is Cc1ncsc1-c1ccc([C@H](CC(=O)NCCCCNCCCONC(=O)c2ccc(F)c(F)c2Nc2ccc(I)cc2F)NC(=O)[C@@H]2C[C@@H](O)CN2C(O)C(NC(=O)C2(F)CC2)C(C)(C)C)cc1. The number of anilines is 2. The summed E-state index contributed by atoms with van der Waals surface area (Å²) < 4.78 is 58.6. The van der Waals surface area contributed by atoms with Crippen molar-refractivity contribution in [3.05, 3.63) is 98.0 Å². The highest BCUT2D eigenvalue weighted by molar-refractivity contribution is 14.1. The molecule has 21 heteroatoms. The highest BCUT2D eigenvalue weighted by Crippen LogP contribution is 2.41. The van der Waals surface area contributed by atoms with Crippen molar-refractivity contribution in [3.8, 4) is 10.4 Å². The Hall–Kier alpha value is -4.78. The first-order valence-corrected chi connectivity index (χ1v) is 24.7. The number of thiazole rings is 1. The van der Waals surface area contributed by atoms with Gasteiger partial charge in [0.15, 0.2) is 17.3 Å². The van der Waals surface area contributed by atoms with Crippen molar-refractivity contribution < 1.29 is 51.8 Å². The van der Waals surface area contributed by atoms with Gasteiger partial charge in [-0.25, -0.2) is 28.0 Å². The van der Waals surface area contributed by atoms with Crippen molar-refractivity contribution in [3.63, 3.8) is 0 Å². The van der Waals surface area contributed by atoms with Gasteiger partial charge in [-0.3, -0.25) is 28.9 Å². The number of alkyl halides is 1. The molecule has 2 unspecified atom stereocenters. The zero-order chi connectivity index (χ0) is 50.0. The largest absolute Gasteiger partial charge is 0.392 e. The predicted octanol–water partition coefficient (Wildman–Crippen LogP) is 6.46. The number of aliphatic hydroxyl groups excluding tert-OH is 2. The van der Waals surface area contributed by atoms with Crippen LogP contribution in [0, 0.1) is 33.4 Å². The average molecular weight is 1100 g/mol. The number of hydrogen-bond acceptors (Lipinski definition) is 12. The third kappa shape index (κ3) is 14.4. The molecule has 0 spiro atoms. The standard InChI is InChI=1S/C48H59F4IN8O7S/c1-27-41(69-26-56-27)29-10-8-28(9-11-29)36(58-44(65)37-23-31(62)25-61(37)45(66)42(47(2,3)4)59-46(67)48(52)16-17-48)24-38(63)55-20-6-5-18-54-19-7-21-68-60-43(64)32-13-14-33(49)39(51)40(32)57-35-15-12-30(53)22-34(35)50/h8-15,22,26,31,36-37,42,45,54,57,62,66H,5-7,16-21,23-25H2,1-4H3,(H,55,63)(H,58,65)(H,59,67)(H,60,64)/t31-,36+,37+,42?,45?/m1/s1. The molecular weight excluding hydrogens is 1040 g/mol. The third-order valence-corrected chi connectivity index (χ3v) is 13.6. The number of hydroxylamine groups is 1. The van der Waals surface area contributed by atoms with Crippen molar-refractivity contribution >= 4 is 68.9 Å². The lowest BCUT2D eigenvalue weighted by Gasteiger charge is -2.41. The van der Waals surface area contributed by atoms with Gasteiger partial charge in [-0.05, 0) is 128 Å². The number of hydrogen-bond donors (Lipinski definition) is 8. The van der Waals surface area contributed by atoms with Crippen LogP contribution in [0.4, 0.5) is 28.9 Å². The lowest BCUT2D eigenvalue weighted by Crippen LogP contribution is -2.61. The number of carbonyl (C=O) groups excluding carboxylic acids is 4. The number of β-amino-alcohol motifs (C(OH)–C–C–N with tert-alkyl or cyclic N) is 1. The van der Waals surface area contributed by atoms with E-state index in [-0.39, 0.29) is 56.0 Å². The van der Waals surface area contributed by atoms with Crippen LogP contribution in [-0.4, -0.2) is 107 Å². The number of nitrogens with zero attached hydrogens (tertiary/aromatic N) is 2. The Kier molecular flexibility index (Phi) is 18.5. The van der Waals surface area contributed by atoms with E-state index >= 15 is 0 Å². The molecule has 4 aromatic rings. The molecule has 3 aromatic carbocycles. The van der Waals surface area contributed by atoms with E-state index in [1.54, 1.807) is 32.3 Å². The maximum absolute atomic E-state index is 14.7. The molecule has 2 fully saturated rings. The second-order valence-electron chi connectivity index (χ2n) is 18.4. The number of unbranched alkanes of at least 4 members (excludes halogenated alkanes) is 1. The van der Waals surface area contributed by atoms with Gasteiger partial charge in [-0.2, -0.15) is 0 Å². The van der Waals surface area contributed by atoms with E-state index in [1.807, 2.05) is 53.8 Å². The first kappa shape index (κ1) is 53.6. The molecule has 15 nitrogen and oxygen atoms in total. The zero-order valence-electron chi connectivity index (χ0n) is 38.8. The Bertz CT molecular complexity index is 2440. The van der Waals surface area contributed by atoms with Crippen molar-refractivity contribution in [1.82, 2.24) is 36.6 Å². The van der Waals surface area contributed by atoms with Gasteiger partial charge >= 0.3 is 0 Å². The minimum absolute atomic E-state index is 0.0152. The third-order valence-electron chi connectivity index (χ3n) is 12.0. The van der Waals surface area contributed by atoms with Crippen LogP contribution in [-0.2, 0) is 19.2 Å². The minimum atomic E-state index is -1.98. The second kappa shape index (κ2) is 23.9. The first-order chi connectivity index (χ1) is 32.7. The summed E-state index contributed by atoms with van der Waals surface area (Å²) in [5, 5.41) is 36.7. The van der Waals surface area contributed by atoms with Gasteiger partial charge in [0.1, 0.15) is 12.0 Å². The van der Waals surface area contributed by atoms with Crippen molar-refractivity contribution in [2.24, 2.45) is 5.41 Å². The number of nitrogens with one attached hydrogen (secondary N) is 6. The van der Waals surface area contributed by atoms with Crippen molar-refractivity contribution in [2.75, 3.05) is 38.1 Å². The number of likely N-dealkylation sites (tertiary alicyclic amines) is 1. The van der Waals surface area contributed by atoms with Crippen LogP contribution < -0.4 is 32.1 Å². The molecule has 1 aliphatic carbocycles. The van der Waals surface area contributed by atoms with Gasteiger partial charge in [0.25, 0.3) is 11.8 Å². The Morgan fingerprint density at radius 2 is 1.68 bits per heavy atom. The highest BCUT2D eigenvalue weighted by Gasteiger charge is 2.53. The van der Waals surface area contributed by atoms with Crippen LogP contribution in [0.5, 0.6) is 0 Å². The molecule has 69 heavy (non-hydrogen) atoms. The summed E-state index contributed by atoms with van der Waals surface area (Å²) in [4.78, 5) is 65.2. The van der Waals surface area contributed by atoms with E-state index < -0.39 is 82.4 Å². The van der Waals surface area contributed by atoms with Gasteiger partial charge in [0.2, 0.25) is 11.8 Å². The quantitative estimate of drug-likeness (QED) is 0.0175. The molecular formula is C48H59F4IN8O7S. The summed E-state index contributed by atoms with van der Waals surface area (Å²) in [6.07, 6.45) is -0.545. The molecule has 1 aliphatic heterocycles. The fourth-order valence-corrected chi connectivity index (χ4v) is 9.17. The molecule has 0 radical (unpaired) electrons. The maximum Gasteiger partial charge on any atom is 0.277 e. The maximum atomic E-state index is 14.7. The fourth-order valence-electron chi connectivity index (χ4n) is 7.91. The molecule has 1 aromatic heterocycles. The molecule has 5 atom stereocenters. The van der Waals surface area contributed by atoms with E-state index in [9.17, 15) is 47.0 Å². The minimum Gasteiger partial charge on any atom is -0.392 e. The fraction of sp³-hybridized carbons (Fsp3) is 0.479. The molecule has 2 heterocycles.